The van der Waals surface area contributed by atoms with E-state index < -0.39 is 17.7 Å². The van der Waals surface area contributed by atoms with Gasteiger partial charge in [0.2, 0.25) is 0 Å². The van der Waals surface area contributed by atoms with Crippen LogP contribution in [0.15, 0.2) is 18.3 Å². The highest BCUT2D eigenvalue weighted by Crippen LogP contribution is 2.23. The van der Waals surface area contributed by atoms with Crippen LogP contribution >= 0.6 is 11.6 Å². The zero-order valence-corrected chi connectivity index (χ0v) is 12.3. The molecule has 1 N–H and O–H groups in total. The number of aldehydes is 1. The molecule has 0 aliphatic rings. The van der Waals surface area contributed by atoms with Gasteiger partial charge in [-0.2, -0.15) is 5.06 Å². The van der Waals surface area contributed by atoms with Crippen LogP contribution in [0.25, 0.3) is 0 Å². The third-order valence-electron chi connectivity index (χ3n) is 2.29. The first-order valence-corrected chi connectivity index (χ1v) is 6.38. The highest BCUT2D eigenvalue weighted by atomic mass is 35.5. The van der Waals surface area contributed by atoms with Crippen molar-refractivity contribution in [1.29, 1.82) is 0 Å². The smallest absolute Gasteiger partial charge is 0.434 e. The summed E-state index contributed by atoms with van der Waals surface area (Å²) in [6.07, 6.45) is 0.914. The molecule has 0 unspecified atom stereocenters. The van der Waals surface area contributed by atoms with Gasteiger partial charge >= 0.3 is 6.09 Å². The summed E-state index contributed by atoms with van der Waals surface area (Å²) in [5, 5.41) is 10.7. The Balaban J connectivity index is 2.92. The Kier molecular flexibility index (Phi) is 5.47. The molecule has 110 valence electrons. The van der Waals surface area contributed by atoms with E-state index in [0.717, 1.165) is 0 Å². The molecule has 0 aliphatic heterocycles. The van der Waals surface area contributed by atoms with E-state index in [2.05, 4.69) is 4.98 Å². The summed E-state index contributed by atoms with van der Waals surface area (Å²) < 4.78 is 5.04. The van der Waals surface area contributed by atoms with Crippen LogP contribution in [0.3, 0.4) is 0 Å². The lowest BCUT2D eigenvalue weighted by atomic mass is 10.1. The summed E-state index contributed by atoms with van der Waals surface area (Å²) in [6, 6.07) is 2.17. The van der Waals surface area contributed by atoms with Gasteiger partial charge in [0.25, 0.3) is 0 Å². The van der Waals surface area contributed by atoms with Crippen LogP contribution in [0.2, 0.25) is 5.02 Å². The summed E-state index contributed by atoms with van der Waals surface area (Å²) in [7, 11) is 0. The van der Waals surface area contributed by atoms with Gasteiger partial charge in [-0.15, -0.1) is 0 Å². The number of ether oxygens (including phenoxy) is 1. The number of carbonyl (C=O) groups is 2. The van der Waals surface area contributed by atoms with Crippen LogP contribution in [0.5, 0.6) is 0 Å². The van der Waals surface area contributed by atoms with E-state index in [1.165, 1.54) is 12.3 Å². The van der Waals surface area contributed by atoms with Crippen molar-refractivity contribution in [2.75, 3.05) is 0 Å². The van der Waals surface area contributed by atoms with Crippen molar-refractivity contribution in [3.05, 3.63) is 29.0 Å². The Morgan fingerprint density at radius 1 is 1.55 bits per heavy atom. The average Bonchev–Trinajstić information content (AvgIpc) is 2.34. The van der Waals surface area contributed by atoms with Gasteiger partial charge in [0, 0.05) is 12.6 Å². The molecule has 1 atom stereocenters. The monoisotopic (exact) mass is 300 g/mol. The normalized spacial score (nSPS) is 12.7. The number of hydrogen-bond acceptors (Lipinski definition) is 5. The molecule has 1 aromatic rings. The van der Waals surface area contributed by atoms with Gasteiger partial charge in [0.1, 0.15) is 17.9 Å². The van der Waals surface area contributed by atoms with Gasteiger partial charge in [-0.25, -0.2) is 4.79 Å². The van der Waals surface area contributed by atoms with Crippen LogP contribution in [-0.4, -0.2) is 33.2 Å². The average molecular weight is 301 g/mol. The standard InChI is InChI=1S/C13H17ClN2O4/c1-13(2,3)20-12(18)16(19)11(6-7-17)10-5-4-9(14)8-15-10/h4-5,7-8,11,19H,6H2,1-3H3/t11-/m0/s1. The Hall–Kier alpha value is -1.66. The van der Waals surface area contributed by atoms with E-state index in [1.807, 2.05) is 0 Å². The highest BCUT2D eigenvalue weighted by molar-refractivity contribution is 6.30. The minimum Gasteiger partial charge on any atom is -0.442 e. The molecule has 1 rings (SSSR count). The topological polar surface area (TPSA) is 79.7 Å². The summed E-state index contributed by atoms with van der Waals surface area (Å²) in [5.41, 5.74) is -0.410. The fraction of sp³-hybridized carbons (Fsp3) is 0.462. The number of halogens is 1. The lowest BCUT2D eigenvalue weighted by Gasteiger charge is -2.27. The Morgan fingerprint density at radius 3 is 2.65 bits per heavy atom. The largest absolute Gasteiger partial charge is 0.442 e. The molecular weight excluding hydrogens is 284 g/mol. The van der Waals surface area contributed by atoms with E-state index in [-0.39, 0.29) is 6.42 Å². The zero-order chi connectivity index (χ0) is 15.3. The molecule has 6 nitrogen and oxygen atoms in total. The van der Waals surface area contributed by atoms with Gasteiger partial charge in [-0.3, -0.25) is 10.2 Å². The Labute approximate surface area is 122 Å². The fourth-order valence-electron chi connectivity index (χ4n) is 1.46. The van der Waals surface area contributed by atoms with Crippen molar-refractivity contribution in [2.24, 2.45) is 0 Å². The number of hydrogen-bond donors (Lipinski definition) is 1. The fourth-order valence-corrected chi connectivity index (χ4v) is 1.57. The lowest BCUT2D eigenvalue weighted by Crippen LogP contribution is -2.37. The second-order valence-electron chi connectivity index (χ2n) is 5.14. The van der Waals surface area contributed by atoms with E-state index in [4.69, 9.17) is 16.3 Å². The Bertz CT molecular complexity index is 470. The second-order valence-corrected chi connectivity index (χ2v) is 5.58. The second kappa shape index (κ2) is 6.67. The predicted octanol–water partition coefficient (Wildman–Crippen LogP) is 2.99. The first kappa shape index (κ1) is 16.4. The third kappa shape index (κ3) is 4.79. The number of rotatable bonds is 4. The van der Waals surface area contributed by atoms with Gasteiger partial charge < -0.3 is 9.53 Å². The molecule has 0 spiro atoms. The van der Waals surface area contributed by atoms with Crippen molar-refractivity contribution in [3.63, 3.8) is 0 Å². The first-order chi connectivity index (χ1) is 9.24. The molecule has 1 heterocycles. The first-order valence-electron chi connectivity index (χ1n) is 6.01. The molecule has 0 aliphatic carbocycles. The summed E-state index contributed by atoms with van der Waals surface area (Å²) in [5.74, 6) is 0. The third-order valence-corrected chi connectivity index (χ3v) is 2.51. The van der Waals surface area contributed by atoms with Gasteiger partial charge in [0.15, 0.2) is 0 Å². The molecule has 0 saturated heterocycles. The summed E-state index contributed by atoms with van der Waals surface area (Å²) in [4.78, 5) is 26.5. The molecule has 0 radical (unpaired) electrons. The number of carbonyl (C=O) groups excluding carboxylic acids is 2. The van der Waals surface area contributed by atoms with E-state index in [0.29, 0.717) is 22.1 Å². The quantitative estimate of drug-likeness (QED) is 0.525. The number of nitrogens with zero attached hydrogens (tertiary/aromatic N) is 2. The maximum absolute atomic E-state index is 11.8. The van der Waals surface area contributed by atoms with Gasteiger partial charge in [0.05, 0.1) is 10.7 Å². The van der Waals surface area contributed by atoms with Gasteiger partial charge in [-0.05, 0) is 32.9 Å². The Morgan fingerprint density at radius 2 is 2.20 bits per heavy atom. The zero-order valence-electron chi connectivity index (χ0n) is 11.5. The van der Waals surface area contributed by atoms with Crippen molar-refractivity contribution in [2.45, 2.75) is 38.8 Å². The maximum Gasteiger partial charge on any atom is 0.434 e. The van der Waals surface area contributed by atoms with Crippen LogP contribution in [-0.2, 0) is 9.53 Å². The van der Waals surface area contributed by atoms with Crippen molar-refractivity contribution >= 4 is 24.0 Å². The van der Waals surface area contributed by atoms with E-state index in [1.54, 1.807) is 26.8 Å². The minimum absolute atomic E-state index is 0.107. The number of hydroxylamine groups is 2. The summed E-state index contributed by atoms with van der Waals surface area (Å²) >= 11 is 5.72. The number of pyridine rings is 1. The van der Waals surface area contributed by atoms with Crippen LogP contribution in [0, 0.1) is 0 Å². The van der Waals surface area contributed by atoms with E-state index in [9.17, 15) is 14.8 Å². The highest BCUT2D eigenvalue weighted by Gasteiger charge is 2.29. The molecule has 0 aromatic carbocycles. The SMILES string of the molecule is CC(C)(C)OC(=O)N(O)[C@@H](CC=O)c1ccc(Cl)cn1. The maximum atomic E-state index is 11.8. The van der Waals surface area contributed by atoms with Crippen LogP contribution < -0.4 is 0 Å². The number of amides is 1. The molecule has 0 fully saturated rings. The molecule has 0 saturated carbocycles. The van der Waals surface area contributed by atoms with E-state index >= 15 is 0 Å². The van der Waals surface area contributed by atoms with Crippen LogP contribution in [0.1, 0.15) is 38.9 Å². The van der Waals surface area contributed by atoms with Crippen molar-refractivity contribution in [3.8, 4) is 0 Å². The number of aromatic nitrogens is 1. The summed E-state index contributed by atoms with van der Waals surface area (Å²) in [6.45, 7) is 5.02. The molecule has 1 aromatic heterocycles. The van der Waals surface area contributed by atoms with Crippen LogP contribution in [0.4, 0.5) is 4.79 Å². The van der Waals surface area contributed by atoms with Gasteiger partial charge in [-0.1, -0.05) is 11.6 Å². The molecule has 1 amide bonds. The minimum atomic E-state index is -0.943. The lowest BCUT2D eigenvalue weighted by molar-refractivity contribution is -0.130. The predicted molar refractivity (Wildman–Crippen MR) is 72.5 cm³/mol. The molecule has 0 bridgehead atoms. The molecular formula is C13H17ClN2O4. The molecule has 20 heavy (non-hydrogen) atoms. The van der Waals surface area contributed by atoms with Crippen molar-refractivity contribution in [1.82, 2.24) is 10.0 Å². The molecule has 7 heteroatoms. The van der Waals surface area contributed by atoms with Crippen molar-refractivity contribution < 1.29 is 19.5 Å².